The Morgan fingerprint density at radius 2 is 1.72 bits per heavy atom. The van der Waals surface area contributed by atoms with Gasteiger partial charge < -0.3 is 10.4 Å². The third-order valence-electron chi connectivity index (χ3n) is 2.97. The van der Waals surface area contributed by atoms with Gasteiger partial charge in [0.2, 0.25) is 0 Å². The molecule has 0 saturated heterocycles. The fourth-order valence-corrected chi connectivity index (χ4v) is 2.24. The highest BCUT2D eigenvalue weighted by Crippen LogP contribution is 2.19. The largest absolute Gasteiger partial charge is 0.481 e. The van der Waals surface area contributed by atoms with Crippen molar-refractivity contribution < 1.29 is 14.7 Å². The van der Waals surface area contributed by atoms with Crippen molar-refractivity contribution in [2.24, 2.45) is 0 Å². The summed E-state index contributed by atoms with van der Waals surface area (Å²) < 4.78 is 0. The van der Waals surface area contributed by atoms with Crippen molar-refractivity contribution in [1.82, 2.24) is 5.32 Å². The first-order valence-corrected chi connectivity index (χ1v) is 5.88. The Morgan fingerprint density at radius 1 is 1.22 bits per heavy atom. The van der Waals surface area contributed by atoms with E-state index in [1.807, 2.05) is 32.9 Å². The van der Waals surface area contributed by atoms with Crippen molar-refractivity contribution in [1.29, 1.82) is 0 Å². The number of carbonyl (C=O) groups is 2. The molecule has 0 aliphatic rings. The zero-order valence-electron chi connectivity index (χ0n) is 11.2. The van der Waals surface area contributed by atoms with Gasteiger partial charge >= 0.3 is 5.97 Å². The molecule has 0 amide bonds. The first-order chi connectivity index (χ1) is 8.36. The van der Waals surface area contributed by atoms with Crippen LogP contribution in [0.1, 0.15) is 33.5 Å². The molecule has 0 spiro atoms. The van der Waals surface area contributed by atoms with Crippen LogP contribution < -0.4 is 5.32 Å². The second-order valence-corrected chi connectivity index (χ2v) is 4.58. The molecule has 1 rings (SSSR count). The molecule has 1 aromatic rings. The summed E-state index contributed by atoms with van der Waals surface area (Å²) >= 11 is 0. The molecule has 18 heavy (non-hydrogen) atoms. The maximum Gasteiger partial charge on any atom is 0.305 e. The lowest BCUT2D eigenvalue weighted by Crippen LogP contribution is -2.36. The summed E-state index contributed by atoms with van der Waals surface area (Å²) in [4.78, 5) is 23.1. The predicted molar refractivity (Wildman–Crippen MR) is 70.1 cm³/mol. The quantitative estimate of drug-likeness (QED) is 0.782. The van der Waals surface area contributed by atoms with Gasteiger partial charge in [-0.2, -0.15) is 0 Å². The minimum atomic E-state index is -0.981. The Hall–Kier alpha value is -1.68. The SMILES string of the molecule is CNC(CC(=O)O)C(=O)c1c(C)cc(C)cc1C. The second-order valence-electron chi connectivity index (χ2n) is 4.58. The van der Waals surface area contributed by atoms with E-state index in [4.69, 9.17) is 5.11 Å². The molecule has 0 aromatic heterocycles. The minimum absolute atomic E-state index is 0.157. The lowest BCUT2D eigenvalue weighted by Gasteiger charge is -2.16. The topological polar surface area (TPSA) is 66.4 Å². The Bertz CT molecular complexity index is 457. The standard InChI is InChI=1S/C14H19NO3/c1-8-5-9(2)13(10(3)6-8)14(18)11(15-4)7-12(16)17/h5-6,11,15H,7H2,1-4H3,(H,16,17). The van der Waals surface area contributed by atoms with Crippen molar-refractivity contribution in [3.63, 3.8) is 0 Å². The van der Waals surface area contributed by atoms with E-state index < -0.39 is 12.0 Å². The molecule has 1 unspecified atom stereocenters. The van der Waals surface area contributed by atoms with Crippen molar-refractivity contribution in [3.8, 4) is 0 Å². The Morgan fingerprint density at radius 3 is 2.11 bits per heavy atom. The van der Waals surface area contributed by atoms with Crippen LogP contribution in [0.2, 0.25) is 0 Å². The third kappa shape index (κ3) is 3.17. The summed E-state index contributed by atoms with van der Waals surface area (Å²) in [6.07, 6.45) is -0.206. The lowest BCUT2D eigenvalue weighted by molar-refractivity contribution is -0.137. The molecule has 1 aromatic carbocycles. The number of carboxylic acid groups (broad SMARTS) is 1. The van der Waals surface area contributed by atoms with Crippen molar-refractivity contribution in [2.45, 2.75) is 33.2 Å². The first kappa shape index (κ1) is 14.4. The van der Waals surface area contributed by atoms with Crippen molar-refractivity contribution in [2.75, 3.05) is 7.05 Å². The molecular weight excluding hydrogens is 230 g/mol. The molecule has 0 saturated carbocycles. The van der Waals surface area contributed by atoms with Crippen LogP contribution in [0.5, 0.6) is 0 Å². The van der Waals surface area contributed by atoms with Crippen LogP contribution in [0.25, 0.3) is 0 Å². The minimum Gasteiger partial charge on any atom is -0.481 e. The molecule has 4 nitrogen and oxygen atoms in total. The van der Waals surface area contributed by atoms with E-state index in [2.05, 4.69) is 5.32 Å². The van der Waals surface area contributed by atoms with Gasteiger partial charge in [-0.25, -0.2) is 0 Å². The van der Waals surface area contributed by atoms with Crippen LogP contribution >= 0.6 is 0 Å². The van der Waals surface area contributed by atoms with Gasteiger partial charge in [0.1, 0.15) is 0 Å². The van der Waals surface area contributed by atoms with E-state index in [0.29, 0.717) is 5.56 Å². The van der Waals surface area contributed by atoms with Crippen LogP contribution in [-0.2, 0) is 4.79 Å². The van der Waals surface area contributed by atoms with E-state index in [1.165, 1.54) is 0 Å². The summed E-state index contributed by atoms with van der Waals surface area (Å²) in [6.45, 7) is 5.72. The fraction of sp³-hybridized carbons (Fsp3) is 0.429. The molecular formula is C14H19NO3. The van der Waals surface area contributed by atoms with E-state index >= 15 is 0 Å². The molecule has 0 aliphatic carbocycles. The van der Waals surface area contributed by atoms with Gasteiger partial charge in [-0.3, -0.25) is 9.59 Å². The molecule has 4 heteroatoms. The number of rotatable bonds is 5. The smallest absolute Gasteiger partial charge is 0.305 e. The number of hydrogen-bond acceptors (Lipinski definition) is 3. The average molecular weight is 249 g/mol. The van der Waals surface area contributed by atoms with Gasteiger partial charge in [-0.15, -0.1) is 0 Å². The number of Topliss-reactive ketones (excluding diaryl/α,β-unsaturated/α-hetero) is 1. The maximum atomic E-state index is 12.3. The predicted octanol–water partition coefficient (Wildman–Crippen LogP) is 1.86. The maximum absolute atomic E-state index is 12.3. The number of benzene rings is 1. The zero-order valence-corrected chi connectivity index (χ0v) is 11.2. The van der Waals surface area contributed by atoms with Gasteiger partial charge in [0.05, 0.1) is 12.5 Å². The Kier molecular flexibility index (Phi) is 4.62. The van der Waals surface area contributed by atoms with Gasteiger partial charge in [-0.05, 0) is 38.9 Å². The van der Waals surface area contributed by atoms with Gasteiger partial charge in [0.15, 0.2) is 5.78 Å². The summed E-state index contributed by atoms with van der Waals surface area (Å²) in [6, 6.07) is 3.20. The van der Waals surface area contributed by atoms with E-state index in [0.717, 1.165) is 16.7 Å². The van der Waals surface area contributed by atoms with Gasteiger partial charge in [0, 0.05) is 5.56 Å². The molecule has 2 N–H and O–H groups in total. The van der Waals surface area contributed by atoms with Crippen molar-refractivity contribution >= 4 is 11.8 Å². The van der Waals surface area contributed by atoms with E-state index in [9.17, 15) is 9.59 Å². The van der Waals surface area contributed by atoms with Crippen LogP contribution in [-0.4, -0.2) is 29.9 Å². The highest BCUT2D eigenvalue weighted by Gasteiger charge is 2.23. The lowest BCUT2D eigenvalue weighted by atomic mass is 9.92. The molecule has 0 bridgehead atoms. The number of likely N-dealkylation sites (N-methyl/N-ethyl adjacent to an activating group) is 1. The van der Waals surface area contributed by atoms with Crippen LogP contribution in [0.15, 0.2) is 12.1 Å². The van der Waals surface area contributed by atoms with Crippen LogP contribution in [0.3, 0.4) is 0 Å². The molecule has 1 atom stereocenters. The molecule has 0 radical (unpaired) electrons. The second kappa shape index (κ2) is 5.78. The normalized spacial score (nSPS) is 12.2. The number of ketones is 1. The number of hydrogen-bond donors (Lipinski definition) is 2. The Balaban J connectivity index is 3.13. The molecule has 0 heterocycles. The summed E-state index contributed by atoms with van der Waals surface area (Å²) in [7, 11) is 1.60. The first-order valence-electron chi connectivity index (χ1n) is 5.88. The molecule has 0 fully saturated rings. The van der Waals surface area contributed by atoms with E-state index in [1.54, 1.807) is 7.05 Å². The number of aryl methyl sites for hydroxylation is 3. The number of aliphatic carboxylic acids is 1. The molecule has 0 aliphatic heterocycles. The summed E-state index contributed by atoms with van der Waals surface area (Å²) in [5, 5.41) is 11.6. The van der Waals surface area contributed by atoms with Gasteiger partial charge in [-0.1, -0.05) is 17.7 Å². The van der Waals surface area contributed by atoms with E-state index in [-0.39, 0.29) is 12.2 Å². The van der Waals surface area contributed by atoms with Crippen molar-refractivity contribution in [3.05, 3.63) is 34.4 Å². The Labute approximate surface area is 107 Å². The number of carbonyl (C=O) groups excluding carboxylic acids is 1. The third-order valence-corrected chi connectivity index (χ3v) is 2.97. The fourth-order valence-electron chi connectivity index (χ4n) is 2.24. The van der Waals surface area contributed by atoms with Gasteiger partial charge in [0.25, 0.3) is 0 Å². The van der Waals surface area contributed by atoms with Crippen LogP contribution in [0, 0.1) is 20.8 Å². The summed E-state index contributed by atoms with van der Waals surface area (Å²) in [5.74, 6) is -1.14. The zero-order chi connectivity index (χ0) is 13.9. The average Bonchev–Trinajstić information content (AvgIpc) is 2.23. The number of nitrogens with one attached hydrogen (secondary N) is 1. The monoisotopic (exact) mass is 249 g/mol. The van der Waals surface area contributed by atoms with Crippen LogP contribution in [0.4, 0.5) is 0 Å². The number of carboxylic acids is 1. The highest BCUT2D eigenvalue weighted by molar-refractivity contribution is 6.04. The highest BCUT2D eigenvalue weighted by atomic mass is 16.4. The summed E-state index contributed by atoms with van der Waals surface area (Å²) in [5.41, 5.74) is 3.51. The molecule has 98 valence electrons.